The lowest BCUT2D eigenvalue weighted by Gasteiger charge is -2.67. The number of piperidine rings is 1. The number of aromatic amines is 1. The second-order valence-corrected chi connectivity index (χ2v) is 12.4. The summed E-state index contributed by atoms with van der Waals surface area (Å²) in [5.74, 6) is 1.82. The third-order valence-corrected chi connectivity index (χ3v) is 10.8. The van der Waals surface area contributed by atoms with E-state index in [-0.39, 0.29) is 34.0 Å². The molecule has 0 radical (unpaired) electrons. The topological polar surface area (TPSA) is 89.5 Å². The van der Waals surface area contributed by atoms with Crippen LogP contribution >= 0.6 is 0 Å². The fourth-order valence-corrected chi connectivity index (χ4v) is 9.53. The molecule has 2 aromatic rings. The molecule has 2 heterocycles. The standard InChI is InChI=1S/C29H36N4O3/c1-17-14-28-8-7-23(32(2)27(36)22-13-25(35)31-16-30-22)26(17)29(28)9-10-33(15-18-3-4-18)24(28)11-19-5-6-20(34)12-21(19)29/h5-6,12-13,16-18,23-24,26,34H,3-4,7-11,14-15H2,1-2H3,(H,30,31,35)/t17-,23?,24?,26?,28?,29?/m0/s1. The quantitative estimate of drug-likeness (QED) is 0.689. The lowest BCUT2D eigenvalue weighted by Crippen LogP contribution is -2.70. The molecule has 1 aliphatic heterocycles. The van der Waals surface area contributed by atoms with E-state index < -0.39 is 0 Å². The summed E-state index contributed by atoms with van der Waals surface area (Å²) in [5.41, 5.74) is 2.79. The third kappa shape index (κ3) is 2.92. The van der Waals surface area contributed by atoms with Crippen LogP contribution in [0.15, 0.2) is 35.4 Å². The molecule has 5 unspecified atom stereocenters. The van der Waals surface area contributed by atoms with Crippen LogP contribution in [0.2, 0.25) is 0 Å². The SMILES string of the molecule is C[C@H]1CC23CCC(N(C)C(=O)c4cc(=O)[nH]cn4)C1C21CCN(CC2CC2)C3Cc2ccc(O)cc21. The number of carbonyl (C=O) groups is 1. The number of amides is 1. The number of H-pyrrole nitrogens is 1. The molecule has 6 atom stereocenters. The predicted molar refractivity (Wildman–Crippen MR) is 136 cm³/mol. The third-order valence-electron chi connectivity index (χ3n) is 10.8. The Balaban J connectivity index is 1.34. The van der Waals surface area contributed by atoms with Gasteiger partial charge < -0.3 is 15.0 Å². The van der Waals surface area contributed by atoms with Gasteiger partial charge in [-0.3, -0.25) is 14.5 Å². The van der Waals surface area contributed by atoms with E-state index in [0.717, 1.165) is 38.1 Å². The van der Waals surface area contributed by atoms with Crippen molar-refractivity contribution in [1.82, 2.24) is 19.8 Å². The maximum atomic E-state index is 13.5. The molecule has 2 N–H and O–H groups in total. The molecule has 7 nitrogen and oxygen atoms in total. The van der Waals surface area contributed by atoms with Gasteiger partial charge in [0, 0.05) is 37.2 Å². The molecular formula is C29H36N4O3. The maximum absolute atomic E-state index is 13.5. The Morgan fingerprint density at radius 2 is 2.08 bits per heavy atom. The number of phenols is 1. The zero-order chi connectivity index (χ0) is 24.8. The van der Waals surface area contributed by atoms with Crippen molar-refractivity contribution in [3.63, 3.8) is 0 Å². The molecule has 4 bridgehead atoms. The number of rotatable bonds is 4. The number of likely N-dealkylation sites (tertiary alicyclic amines) is 1. The van der Waals surface area contributed by atoms with Gasteiger partial charge in [-0.25, -0.2) is 4.98 Å². The number of aromatic hydroxyl groups is 1. The van der Waals surface area contributed by atoms with Crippen LogP contribution in [0.4, 0.5) is 0 Å². The van der Waals surface area contributed by atoms with Crippen LogP contribution in [0.5, 0.6) is 5.75 Å². The van der Waals surface area contributed by atoms with Crippen LogP contribution in [-0.2, 0) is 11.8 Å². The van der Waals surface area contributed by atoms with Gasteiger partial charge in [-0.2, -0.15) is 0 Å². The minimum Gasteiger partial charge on any atom is -0.508 e. The number of benzene rings is 1. The van der Waals surface area contributed by atoms with Crippen molar-refractivity contribution < 1.29 is 9.90 Å². The van der Waals surface area contributed by atoms with Gasteiger partial charge in [-0.05, 0) is 97.9 Å². The smallest absolute Gasteiger partial charge is 0.272 e. The average Bonchev–Trinajstić information content (AvgIpc) is 3.65. The van der Waals surface area contributed by atoms with Gasteiger partial charge in [-0.15, -0.1) is 0 Å². The Morgan fingerprint density at radius 1 is 1.25 bits per heavy atom. The van der Waals surface area contributed by atoms with Crippen molar-refractivity contribution in [3.05, 3.63) is 57.8 Å². The second kappa shape index (κ2) is 7.67. The van der Waals surface area contributed by atoms with Crippen molar-refractivity contribution in [2.75, 3.05) is 20.1 Å². The molecular weight excluding hydrogens is 452 g/mol. The van der Waals surface area contributed by atoms with E-state index in [0.29, 0.717) is 23.6 Å². The lowest BCUT2D eigenvalue weighted by molar-refractivity contribution is -0.105. The van der Waals surface area contributed by atoms with E-state index in [1.807, 2.05) is 18.0 Å². The van der Waals surface area contributed by atoms with E-state index in [4.69, 9.17) is 0 Å². The Hall–Kier alpha value is -2.67. The molecule has 7 rings (SSSR count). The van der Waals surface area contributed by atoms with Crippen LogP contribution in [0.25, 0.3) is 0 Å². The molecule has 0 spiro atoms. The molecule has 3 saturated carbocycles. The van der Waals surface area contributed by atoms with Crippen molar-refractivity contribution in [1.29, 1.82) is 0 Å². The first-order valence-electron chi connectivity index (χ1n) is 13.7. The van der Waals surface area contributed by atoms with Gasteiger partial charge in [0.25, 0.3) is 11.5 Å². The molecule has 7 heteroatoms. The van der Waals surface area contributed by atoms with Gasteiger partial charge in [0.05, 0.1) is 6.33 Å². The first-order chi connectivity index (χ1) is 17.3. The molecule has 1 saturated heterocycles. The van der Waals surface area contributed by atoms with E-state index in [1.165, 1.54) is 49.3 Å². The van der Waals surface area contributed by atoms with Crippen molar-refractivity contribution in [2.45, 2.75) is 69.4 Å². The first kappa shape index (κ1) is 22.5. The van der Waals surface area contributed by atoms with Gasteiger partial charge in [0.15, 0.2) is 0 Å². The molecule has 190 valence electrons. The Labute approximate surface area is 211 Å². The van der Waals surface area contributed by atoms with Gasteiger partial charge in [-0.1, -0.05) is 13.0 Å². The van der Waals surface area contributed by atoms with E-state index in [2.05, 4.69) is 33.9 Å². The number of nitrogens with zero attached hydrogens (tertiary/aromatic N) is 3. The summed E-state index contributed by atoms with van der Waals surface area (Å²) in [4.78, 5) is 36.8. The summed E-state index contributed by atoms with van der Waals surface area (Å²) in [6, 6.07) is 8.00. The van der Waals surface area contributed by atoms with Crippen molar-refractivity contribution in [2.24, 2.45) is 23.2 Å². The largest absolute Gasteiger partial charge is 0.508 e. The fourth-order valence-electron chi connectivity index (χ4n) is 9.53. The number of hydrogen-bond acceptors (Lipinski definition) is 5. The molecule has 1 aromatic heterocycles. The minimum absolute atomic E-state index is 0.0392. The highest BCUT2D eigenvalue weighted by atomic mass is 16.3. The van der Waals surface area contributed by atoms with E-state index >= 15 is 0 Å². The van der Waals surface area contributed by atoms with Gasteiger partial charge in [0.1, 0.15) is 11.4 Å². The second-order valence-electron chi connectivity index (χ2n) is 12.4. The number of nitrogens with one attached hydrogen (secondary N) is 1. The Bertz CT molecular complexity index is 1290. The van der Waals surface area contributed by atoms with Crippen LogP contribution in [0, 0.1) is 23.2 Å². The van der Waals surface area contributed by atoms with Crippen molar-refractivity contribution >= 4 is 5.91 Å². The maximum Gasteiger partial charge on any atom is 0.272 e. The predicted octanol–water partition coefficient (Wildman–Crippen LogP) is 3.33. The summed E-state index contributed by atoms with van der Waals surface area (Å²) >= 11 is 0. The molecule has 1 amide bonds. The highest BCUT2D eigenvalue weighted by Crippen LogP contribution is 2.74. The summed E-state index contributed by atoms with van der Waals surface area (Å²) in [6.07, 6.45) is 9.46. The number of carbonyl (C=O) groups excluding carboxylic acids is 1. The van der Waals surface area contributed by atoms with Crippen LogP contribution in [0.1, 0.15) is 67.1 Å². The van der Waals surface area contributed by atoms with Crippen LogP contribution in [0.3, 0.4) is 0 Å². The number of hydrogen-bond donors (Lipinski definition) is 2. The molecule has 4 fully saturated rings. The minimum atomic E-state index is -0.306. The molecule has 36 heavy (non-hydrogen) atoms. The van der Waals surface area contributed by atoms with Gasteiger partial charge >= 0.3 is 0 Å². The zero-order valence-electron chi connectivity index (χ0n) is 21.2. The van der Waals surface area contributed by atoms with E-state index in [1.54, 1.807) is 0 Å². The summed E-state index contributed by atoms with van der Waals surface area (Å²) in [7, 11) is 1.90. The Kier molecular flexibility index (Phi) is 4.80. The summed E-state index contributed by atoms with van der Waals surface area (Å²) in [5, 5.41) is 10.6. The highest BCUT2D eigenvalue weighted by molar-refractivity contribution is 5.92. The number of aromatic nitrogens is 2. The molecule has 1 aromatic carbocycles. The highest BCUT2D eigenvalue weighted by Gasteiger charge is 2.73. The van der Waals surface area contributed by atoms with E-state index in [9.17, 15) is 14.7 Å². The van der Waals surface area contributed by atoms with Crippen molar-refractivity contribution in [3.8, 4) is 5.75 Å². The number of fused-ring (bicyclic) bond motifs is 1. The van der Waals surface area contributed by atoms with Crippen LogP contribution in [-0.4, -0.2) is 63.0 Å². The Morgan fingerprint density at radius 3 is 2.86 bits per heavy atom. The van der Waals surface area contributed by atoms with Gasteiger partial charge in [0.2, 0.25) is 0 Å². The zero-order valence-corrected chi connectivity index (χ0v) is 21.2. The molecule has 5 aliphatic rings. The lowest BCUT2D eigenvalue weighted by atomic mass is 9.43. The first-order valence-corrected chi connectivity index (χ1v) is 13.7. The number of phenolic OH excluding ortho intramolecular Hbond substituents is 1. The molecule has 4 aliphatic carbocycles. The normalized spacial score (nSPS) is 36.7. The summed E-state index contributed by atoms with van der Waals surface area (Å²) in [6.45, 7) is 4.72. The average molecular weight is 489 g/mol. The fraction of sp³-hybridized carbons (Fsp3) is 0.621. The van der Waals surface area contributed by atoms with Crippen LogP contribution < -0.4 is 5.56 Å². The monoisotopic (exact) mass is 488 g/mol. The summed E-state index contributed by atoms with van der Waals surface area (Å²) < 4.78 is 0.